The number of nitrogens with one attached hydrogen (secondary N) is 1. The van der Waals surface area contributed by atoms with Gasteiger partial charge in [0.05, 0.1) is 40.4 Å². The summed E-state index contributed by atoms with van der Waals surface area (Å²) in [6.45, 7) is 4.33. The third kappa shape index (κ3) is 26.9. The van der Waals surface area contributed by atoms with Crippen LogP contribution in [-0.2, 0) is 18.3 Å². The molecule has 0 heterocycles. The summed E-state index contributed by atoms with van der Waals surface area (Å²) in [5, 5.41) is 3.07. The third-order valence-corrected chi connectivity index (χ3v) is 7.31. The molecule has 0 radical (unpaired) electrons. The second-order valence-corrected chi connectivity index (χ2v) is 12.4. The van der Waals surface area contributed by atoms with Gasteiger partial charge >= 0.3 is 7.82 Å². The summed E-state index contributed by atoms with van der Waals surface area (Å²) in [5.74, 6) is 0. The quantitative estimate of drug-likeness (QED) is 0.0709. The van der Waals surface area contributed by atoms with Gasteiger partial charge in [0, 0.05) is 6.61 Å². The molecule has 0 aromatic heterocycles. The topological polar surface area (TPSA) is 77.0 Å². The van der Waals surface area contributed by atoms with Crippen molar-refractivity contribution in [3.05, 3.63) is 0 Å². The lowest BCUT2D eigenvalue weighted by Gasteiger charge is -2.24. The second-order valence-electron chi connectivity index (χ2n) is 11.0. The molecule has 0 aliphatic heterocycles. The molecule has 0 bridgehead atoms. The van der Waals surface area contributed by atoms with E-state index >= 15 is 0 Å². The number of unbranched alkanes of at least 4 members (excludes halogenated alkanes) is 15. The van der Waals surface area contributed by atoms with Gasteiger partial charge in [-0.05, 0) is 13.5 Å². The van der Waals surface area contributed by atoms with E-state index in [0.29, 0.717) is 24.2 Å². The Morgan fingerprint density at radius 2 is 1.17 bits per heavy atom. The fourth-order valence-electron chi connectivity index (χ4n) is 3.84. The van der Waals surface area contributed by atoms with E-state index in [0.717, 1.165) is 6.42 Å². The van der Waals surface area contributed by atoms with Crippen LogP contribution in [0.25, 0.3) is 0 Å². The van der Waals surface area contributed by atoms with Crippen LogP contribution in [0.5, 0.6) is 0 Å². The molecule has 2 unspecified atom stereocenters. The lowest BCUT2D eigenvalue weighted by molar-refractivity contribution is -0.870. The fourth-order valence-corrected chi connectivity index (χ4v) is 4.60. The van der Waals surface area contributed by atoms with Crippen molar-refractivity contribution in [3.63, 3.8) is 0 Å². The molecule has 0 rings (SSSR count). The Labute approximate surface area is 217 Å². The Kier molecular flexibility index (Phi) is 23.1. The fraction of sp³-hybridized carbons (Fsp3) is 1.00. The van der Waals surface area contributed by atoms with E-state index in [9.17, 15) is 9.46 Å². The first-order valence-electron chi connectivity index (χ1n) is 14.4. The number of likely N-dealkylation sites (N-methyl/N-ethyl adjacent to an activating group) is 2. The highest BCUT2D eigenvalue weighted by Gasteiger charge is 2.24. The van der Waals surface area contributed by atoms with Gasteiger partial charge in [0.25, 0.3) is 0 Å². The summed E-state index contributed by atoms with van der Waals surface area (Å²) >= 11 is 0. The zero-order valence-electron chi connectivity index (χ0n) is 23.9. The van der Waals surface area contributed by atoms with Crippen LogP contribution in [-0.4, -0.2) is 76.6 Å². The van der Waals surface area contributed by atoms with E-state index < -0.39 is 7.82 Å². The monoisotopic (exact) mass is 523 g/mol. The van der Waals surface area contributed by atoms with Gasteiger partial charge in [-0.2, -0.15) is 0 Å². The van der Waals surface area contributed by atoms with Crippen LogP contribution in [0.4, 0.5) is 0 Å². The first-order valence-corrected chi connectivity index (χ1v) is 15.9. The number of hydrogen-bond acceptors (Lipinski definition) is 5. The highest BCUT2D eigenvalue weighted by Crippen LogP contribution is 2.43. The molecule has 0 aromatic carbocycles. The molecule has 2 N–H and O–H groups in total. The third-order valence-electron chi connectivity index (χ3n) is 6.32. The van der Waals surface area contributed by atoms with Crippen molar-refractivity contribution in [1.82, 2.24) is 5.32 Å². The van der Waals surface area contributed by atoms with Gasteiger partial charge in [-0.3, -0.25) is 9.05 Å². The van der Waals surface area contributed by atoms with Crippen molar-refractivity contribution in [1.29, 1.82) is 0 Å². The van der Waals surface area contributed by atoms with Gasteiger partial charge in [0.15, 0.2) is 0 Å². The van der Waals surface area contributed by atoms with Crippen LogP contribution < -0.4 is 5.32 Å². The SMILES string of the molecule is CCCCCCCCCCCCCCCCCCOCC(COP(=O)(O)OCC[N+](C)(C)C)NC. The number of rotatable bonds is 27. The van der Waals surface area contributed by atoms with E-state index in [4.69, 9.17) is 13.8 Å². The molecule has 0 aliphatic rings. The average Bonchev–Trinajstić information content (AvgIpc) is 2.79. The Morgan fingerprint density at radius 3 is 1.60 bits per heavy atom. The number of ether oxygens (including phenoxy) is 1. The summed E-state index contributed by atoms with van der Waals surface area (Å²) in [6, 6.07) is -0.140. The van der Waals surface area contributed by atoms with Crippen molar-refractivity contribution in [2.75, 3.05) is 61.2 Å². The molecule has 0 aromatic rings. The maximum Gasteiger partial charge on any atom is 0.472 e. The summed E-state index contributed by atoms with van der Waals surface area (Å²) < 4.78 is 28.6. The zero-order valence-corrected chi connectivity index (χ0v) is 24.8. The van der Waals surface area contributed by atoms with Crippen LogP contribution in [0.3, 0.4) is 0 Å². The van der Waals surface area contributed by atoms with Crippen LogP contribution in [0.2, 0.25) is 0 Å². The minimum absolute atomic E-state index is 0.0770. The Bertz CT molecular complexity index is 502. The predicted molar refractivity (Wildman–Crippen MR) is 148 cm³/mol. The lowest BCUT2D eigenvalue weighted by atomic mass is 10.0. The smallest absolute Gasteiger partial charge is 0.380 e. The van der Waals surface area contributed by atoms with E-state index in [2.05, 4.69) is 12.2 Å². The summed E-state index contributed by atoms with van der Waals surface area (Å²) in [7, 11) is 3.77. The molecular weight excluding hydrogens is 463 g/mol. The number of phosphoric ester groups is 1. The molecule has 35 heavy (non-hydrogen) atoms. The largest absolute Gasteiger partial charge is 0.472 e. The minimum atomic E-state index is -4.03. The van der Waals surface area contributed by atoms with Gasteiger partial charge < -0.3 is 19.4 Å². The molecule has 8 heteroatoms. The van der Waals surface area contributed by atoms with Crippen LogP contribution in [0.1, 0.15) is 110 Å². The number of phosphoric acid groups is 1. The van der Waals surface area contributed by atoms with E-state index in [1.807, 2.05) is 21.1 Å². The first-order chi connectivity index (χ1) is 16.7. The average molecular weight is 524 g/mol. The highest BCUT2D eigenvalue weighted by atomic mass is 31.2. The van der Waals surface area contributed by atoms with Crippen molar-refractivity contribution >= 4 is 7.82 Å². The molecule has 2 atom stereocenters. The number of quaternary nitrogens is 1. The van der Waals surface area contributed by atoms with Gasteiger partial charge in [0.1, 0.15) is 13.2 Å². The first kappa shape index (κ1) is 35.0. The van der Waals surface area contributed by atoms with E-state index in [-0.39, 0.29) is 19.3 Å². The Hall–Kier alpha value is -0.0100. The molecule has 7 nitrogen and oxygen atoms in total. The summed E-state index contributed by atoms with van der Waals surface area (Å²) in [4.78, 5) is 9.82. The zero-order chi connectivity index (χ0) is 26.3. The minimum Gasteiger partial charge on any atom is -0.380 e. The standard InChI is InChI=1S/C27H59N2O5P/c1-6-7-8-9-10-11-12-13-14-15-16-17-18-19-20-21-23-32-25-27(28-2)26-34-35(30,31)33-24-22-29(3,4)5/h27-28H,6-26H2,1-5H3/p+1. The maximum absolute atomic E-state index is 12.0. The predicted octanol–water partition coefficient (Wildman–Crippen LogP) is 6.69. The molecule has 212 valence electrons. The molecule has 0 fully saturated rings. The van der Waals surface area contributed by atoms with Crippen molar-refractivity contribution in [3.8, 4) is 0 Å². The second kappa shape index (κ2) is 23.1. The van der Waals surface area contributed by atoms with Crippen LogP contribution in [0, 0.1) is 0 Å². The van der Waals surface area contributed by atoms with Crippen molar-refractivity contribution in [2.45, 2.75) is 116 Å². The summed E-state index contributed by atoms with van der Waals surface area (Å²) in [5.41, 5.74) is 0. The van der Waals surface area contributed by atoms with Gasteiger partial charge in [-0.15, -0.1) is 0 Å². The molecule has 0 saturated carbocycles. The summed E-state index contributed by atoms with van der Waals surface area (Å²) in [6.07, 6.45) is 21.7. The van der Waals surface area contributed by atoms with Gasteiger partial charge in [-0.25, -0.2) is 4.57 Å². The van der Waals surface area contributed by atoms with E-state index in [1.54, 1.807) is 7.05 Å². The Morgan fingerprint density at radius 1 is 0.714 bits per heavy atom. The highest BCUT2D eigenvalue weighted by molar-refractivity contribution is 7.47. The van der Waals surface area contributed by atoms with Crippen molar-refractivity contribution < 1.29 is 27.7 Å². The van der Waals surface area contributed by atoms with Crippen LogP contribution in [0.15, 0.2) is 0 Å². The van der Waals surface area contributed by atoms with E-state index in [1.165, 1.54) is 96.3 Å². The normalized spacial score (nSPS) is 14.8. The lowest BCUT2D eigenvalue weighted by Crippen LogP contribution is -2.37. The maximum atomic E-state index is 12.0. The van der Waals surface area contributed by atoms with Gasteiger partial charge in [0.2, 0.25) is 0 Å². The number of hydrogen-bond donors (Lipinski definition) is 2. The molecule has 0 saturated heterocycles. The molecular formula is C27H60N2O5P+. The Balaban J connectivity index is 3.49. The molecule has 0 spiro atoms. The van der Waals surface area contributed by atoms with Gasteiger partial charge in [-0.1, -0.05) is 103 Å². The molecule has 0 amide bonds. The number of nitrogens with zero attached hydrogens (tertiary/aromatic N) is 1. The molecule has 0 aliphatic carbocycles. The van der Waals surface area contributed by atoms with Crippen LogP contribution >= 0.6 is 7.82 Å². The van der Waals surface area contributed by atoms with Crippen molar-refractivity contribution in [2.24, 2.45) is 0 Å².